The minimum Gasteiger partial charge on any atom is -0.307 e. The molecule has 0 aromatic heterocycles. The summed E-state index contributed by atoms with van der Waals surface area (Å²) in [6, 6.07) is 0.668. The maximum absolute atomic E-state index is 11.9. The first kappa shape index (κ1) is 11.1. The summed E-state index contributed by atoms with van der Waals surface area (Å²) >= 11 is 0. The van der Waals surface area contributed by atoms with Crippen LogP contribution >= 0.6 is 0 Å². The smallest absolute Gasteiger partial charge is 0.149 e. The van der Waals surface area contributed by atoms with Crippen molar-refractivity contribution in [3.63, 3.8) is 0 Å². The molecule has 0 saturated heterocycles. The van der Waals surface area contributed by atoms with Crippen molar-refractivity contribution in [2.75, 3.05) is 6.54 Å². The van der Waals surface area contributed by atoms with Crippen LogP contribution in [-0.4, -0.2) is 18.4 Å². The van der Waals surface area contributed by atoms with Crippen molar-refractivity contribution < 1.29 is 4.79 Å². The largest absolute Gasteiger partial charge is 0.307 e. The van der Waals surface area contributed by atoms with E-state index in [1.807, 2.05) is 0 Å². The lowest BCUT2D eigenvalue weighted by atomic mass is 9.79. The van der Waals surface area contributed by atoms with Crippen LogP contribution in [0.3, 0.4) is 0 Å². The molecule has 2 aliphatic carbocycles. The van der Waals surface area contributed by atoms with Gasteiger partial charge in [-0.2, -0.15) is 0 Å². The van der Waals surface area contributed by atoms with Gasteiger partial charge in [0.1, 0.15) is 5.78 Å². The van der Waals surface area contributed by atoms with Gasteiger partial charge in [-0.3, -0.25) is 4.79 Å². The fourth-order valence-electron chi connectivity index (χ4n) is 2.57. The average Bonchev–Trinajstić information content (AvgIpc) is 3.10. The normalized spacial score (nSPS) is 31.5. The number of ketones is 1. The molecule has 2 fully saturated rings. The third-order valence-electron chi connectivity index (χ3n) is 4.02. The first-order valence-corrected chi connectivity index (χ1v) is 6.55. The number of Topliss-reactive ketones (excluding diaryl/α,β-unsaturated/α-hetero) is 1. The van der Waals surface area contributed by atoms with Gasteiger partial charge in [-0.15, -0.1) is 0 Å². The van der Waals surface area contributed by atoms with Gasteiger partial charge in [-0.25, -0.2) is 0 Å². The minimum atomic E-state index is 0.374. The van der Waals surface area contributed by atoms with Crippen LogP contribution < -0.4 is 5.32 Å². The summed E-state index contributed by atoms with van der Waals surface area (Å²) in [5, 5.41) is 3.33. The van der Waals surface area contributed by atoms with Crippen molar-refractivity contribution in [3.8, 4) is 0 Å². The number of hydrogen-bond acceptors (Lipinski definition) is 2. The van der Waals surface area contributed by atoms with Crippen LogP contribution in [0.5, 0.6) is 0 Å². The SMILES string of the molecule is CCC1CCC(C(=O)CNC2CC2)CC1. The number of hydrogen-bond donors (Lipinski definition) is 1. The molecule has 0 aromatic carbocycles. The molecule has 2 aliphatic rings. The summed E-state index contributed by atoms with van der Waals surface area (Å²) in [7, 11) is 0. The molecule has 1 N–H and O–H groups in total. The fraction of sp³-hybridized carbons (Fsp3) is 0.923. The third-order valence-corrected chi connectivity index (χ3v) is 4.02. The zero-order valence-corrected chi connectivity index (χ0v) is 9.80. The van der Waals surface area contributed by atoms with Crippen molar-refractivity contribution in [3.05, 3.63) is 0 Å². The van der Waals surface area contributed by atoms with E-state index in [2.05, 4.69) is 12.2 Å². The molecule has 0 bridgehead atoms. The molecule has 0 unspecified atom stereocenters. The standard InChI is InChI=1S/C13H23NO/c1-2-10-3-5-11(6-4-10)13(15)9-14-12-7-8-12/h10-12,14H,2-9H2,1H3. The van der Waals surface area contributed by atoms with Gasteiger partial charge in [0.25, 0.3) is 0 Å². The Morgan fingerprint density at radius 3 is 2.33 bits per heavy atom. The Bertz CT molecular complexity index is 215. The van der Waals surface area contributed by atoms with Gasteiger partial charge in [0.15, 0.2) is 0 Å². The minimum absolute atomic E-state index is 0.374. The highest BCUT2D eigenvalue weighted by Gasteiger charge is 2.27. The van der Waals surface area contributed by atoms with Crippen molar-refractivity contribution in [1.29, 1.82) is 0 Å². The molecule has 0 heterocycles. The molecular formula is C13H23NO. The summed E-state index contributed by atoms with van der Waals surface area (Å²) in [6.45, 7) is 2.90. The summed E-state index contributed by atoms with van der Waals surface area (Å²) in [5.41, 5.74) is 0. The zero-order chi connectivity index (χ0) is 10.7. The predicted molar refractivity (Wildman–Crippen MR) is 61.8 cm³/mol. The molecule has 0 aliphatic heterocycles. The van der Waals surface area contributed by atoms with E-state index in [4.69, 9.17) is 0 Å². The Labute approximate surface area is 92.8 Å². The van der Waals surface area contributed by atoms with Gasteiger partial charge in [0.2, 0.25) is 0 Å². The third kappa shape index (κ3) is 3.30. The molecule has 0 aromatic rings. The Morgan fingerprint density at radius 2 is 1.80 bits per heavy atom. The van der Waals surface area contributed by atoms with E-state index in [1.165, 1.54) is 32.1 Å². The van der Waals surface area contributed by atoms with E-state index in [-0.39, 0.29) is 0 Å². The van der Waals surface area contributed by atoms with Crippen LogP contribution in [0.2, 0.25) is 0 Å². The first-order chi connectivity index (χ1) is 7.29. The summed E-state index contributed by atoms with van der Waals surface area (Å²) in [5.74, 6) is 1.74. The lowest BCUT2D eigenvalue weighted by Gasteiger charge is -2.26. The van der Waals surface area contributed by atoms with Gasteiger partial charge >= 0.3 is 0 Å². The van der Waals surface area contributed by atoms with Gasteiger partial charge < -0.3 is 5.32 Å². The molecule has 0 radical (unpaired) electrons. The van der Waals surface area contributed by atoms with Gasteiger partial charge in [0, 0.05) is 12.0 Å². The van der Waals surface area contributed by atoms with Crippen molar-refractivity contribution in [2.24, 2.45) is 11.8 Å². The average molecular weight is 209 g/mol. The lowest BCUT2D eigenvalue weighted by molar-refractivity contribution is -0.123. The maximum atomic E-state index is 11.9. The predicted octanol–water partition coefficient (Wildman–Crippen LogP) is 2.52. The molecule has 2 nitrogen and oxygen atoms in total. The highest BCUT2D eigenvalue weighted by atomic mass is 16.1. The Morgan fingerprint density at radius 1 is 1.13 bits per heavy atom. The second-order valence-electron chi connectivity index (χ2n) is 5.25. The van der Waals surface area contributed by atoms with Gasteiger partial charge in [0.05, 0.1) is 6.54 Å². The molecule has 2 saturated carbocycles. The van der Waals surface area contributed by atoms with Crippen molar-refractivity contribution >= 4 is 5.78 Å². The van der Waals surface area contributed by atoms with Crippen LogP contribution in [0.4, 0.5) is 0 Å². The van der Waals surface area contributed by atoms with Gasteiger partial charge in [-0.1, -0.05) is 13.3 Å². The summed E-state index contributed by atoms with van der Waals surface area (Å²) < 4.78 is 0. The van der Waals surface area contributed by atoms with E-state index in [0.717, 1.165) is 18.8 Å². The summed E-state index contributed by atoms with van der Waals surface area (Å²) in [6.07, 6.45) is 8.67. The zero-order valence-electron chi connectivity index (χ0n) is 9.80. The van der Waals surface area contributed by atoms with Crippen LogP contribution in [0.1, 0.15) is 51.9 Å². The lowest BCUT2D eigenvalue weighted by Crippen LogP contribution is -2.31. The van der Waals surface area contributed by atoms with Crippen molar-refractivity contribution in [2.45, 2.75) is 57.9 Å². The highest BCUT2D eigenvalue weighted by Crippen LogP contribution is 2.31. The fourth-order valence-corrected chi connectivity index (χ4v) is 2.57. The quantitative estimate of drug-likeness (QED) is 0.754. The van der Waals surface area contributed by atoms with E-state index in [1.54, 1.807) is 0 Å². The van der Waals surface area contributed by atoms with Crippen molar-refractivity contribution in [1.82, 2.24) is 5.32 Å². The van der Waals surface area contributed by atoms with Crippen LogP contribution in [-0.2, 0) is 4.79 Å². The van der Waals surface area contributed by atoms with E-state index < -0.39 is 0 Å². The molecule has 86 valence electrons. The molecular weight excluding hydrogens is 186 g/mol. The van der Waals surface area contributed by atoms with E-state index >= 15 is 0 Å². The Kier molecular flexibility index (Phi) is 3.79. The maximum Gasteiger partial charge on any atom is 0.149 e. The molecule has 0 spiro atoms. The number of carbonyl (C=O) groups excluding carboxylic acids is 1. The van der Waals surface area contributed by atoms with Crippen LogP contribution in [0, 0.1) is 11.8 Å². The molecule has 0 amide bonds. The molecule has 2 heteroatoms. The Balaban J connectivity index is 1.66. The highest BCUT2D eigenvalue weighted by molar-refractivity contribution is 5.83. The second-order valence-corrected chi connectivity index (χ2v) is 5.25. The first-order valence-electron chi connectivity index (χ1n) is 6.55. The topological polar surface area (TPSA) is 29.1 Å². The Hall–Kier alpha value is -0.370. The number of rotatable bonds is 5. The summed E-state index contributed by atoms with van der Waals surface area (Å²) in [4.78, 5) is 11.9. The monoisotopic (exact) mass is 209 g/mol. The molecule has 15 heavy (non-hydrogen) atoms. The van der Waals surface area contributed by atoms with Crippen LogP contribution in [0.25, 0.3) is 0 Å². The number of nitrogens with one attached hydrogen (secondary N) is 1. The second kappa shape index (κ2) is 5.11. The van der Waals surface area contributed by atoms with Gasteiger partial charge in [-0.05, 0) is 44.4 Å². The van der Waals surface area contributed by atoms with Crippen LogP contribution in [0.15, 0.2) is 0 Å². The molecule has 2 rings (SSSR count). The number of carbonyl (C=O) groups is 1. The van der Waals surface area contributed by atoms with E-state index in [0.29, 0.717) is 24.3 Å². The van der Waals surface area contributed by atoms with E-state index in [9.17, 15) is 4.79 Å². The molecule has 0 atom stereocenters.